The van der Waals surface area contributed by atoms with Crippen LogP contribution >= 0.6 is 0 Å². The molecule has 0 fully saturated rings. The second-order valence-corrected chi connectivity index (χ2v) is 5.26. The molecule has 0 spiro atoms. The van der Waals surface area contributed by atoms with E-state index in [2.05, 4.69) is 26.1 Å². The summed E-state index contributed by atoms with van der Waals surface area (Å²) in [6.45, 7) is 6.72. The fraction of sp³-hybridized carbons (Fsp3) is 0.462. The molecule has 3 nitrogen and oxygen atoms in total. The van der Waals surface area contributed by atoms with Gasteiger partial charge in [-0.3, -0.25) is 4.79 Å². The Labute approximate surface area is 97.0 Å². The molecule has 3 heteroatoms. The lowest BCUT2D eigenvalue weighted by molar-refractivity contribution is -0.122. The van der Waals surface area contributed by atoms with Crippen molar-refractivity contribution in [2.75, 3.05) is 5.73 Å². The van der Waals surface area contributed by atoms with Crippen LogP contribution in [0.2, 0.25) is 0 Å². The van der Waals surface area contributed by atoms with E-state index in [0.717, 1.165) is 11.3 Å². The van der Waals surface area contributed by atoms with Gasteiger partial charge in [-0.2, -0.15) is 0 Å². The molecular formula is C13H20N2O. The van der Waals surface area contributed by atoms with Crippen LogP contribution in [0.15, 0.2) is 24.3 Å². The number of rotatable bonds is 3. The van der Waals surface area contributed by atoms with Crippen LogP contribution in [0, 0.1) is 5.41 Å². The molecule has 1 rings (SSSR count). The van der Waals surface area contributed by atoms with Gasteiger partial charge in [0.25, 0.3) is 0 Å². The fourth-order valence-corrected chi connectivity index (χ4v) is 1.38. The molecule has 0 aliphatic rings. The monoisotopic (exact) mass is 220 g/mol. The van der Waals surface area contributed by atoms with Crippen LogP contribution in [0.5, 0.6) is 0 Å². The topological polar surface area (TPSA) is 55.1 Å². The third-order valence-electron chi connectivity index (χ3n) is 2.16. The van der Waals surface area contributed by atoms with Gasteiger partial charge in [-0.05, 0) is 23.1 Å². The van der Waals surface area contributed by atoms with Gasteiger partial charge >= 0.3 is 0 Å². The quantitative estimate of drug-likeness (QED) is 0.768. The van der Waals surface area contributed by atoms with Gasteiger partial charge in [0.1, 0.15) is 0 Å². The van der Waals surface area contributed by atoms with Gasteiger partial charge in [-0.1, -0.05) is 32.9 Å². The number of amides is 1. The Kier molecular flexibility index (Phi) is 3.93. The van der Waals surface area contributed by atoms with Crippen LogP contribution in [0.4, 0.5) is 5.69 Å². The average Bonchev–Trinajstić information content (AvgIpc) is 2.14. The molecule has 1 aromatic carbocycles. The normalized spacial score (nSPS) is 11.2. The molecule has 0 bridgehead atoms. The second-order valence-electron chi connectivity index (χ2n) is 5.26. The zero-order valence-corrected chi connectivity index (χ0v) is 10.2. The zero-order chi connectivity index (χ0) is 12.2. The largest absolute Gasteiger partial charge is 0.399 e. The highest BCUT2D eigenvalue weighted by atomic mass is 16.1. The summed E-state index contributed by atoms with van der Waals surface area (Å²) in [5, 5.41) is 2.90. The predicted octanol–water partition coefficient (Wildman–Crippen LogP) is 2.32. The first-order valence-electron chi connectivity index (χ1n) is 5.48. The average molecular weight is 220 g/mol. The van der Waals surface area contributed by atoms with E-state index >= 15 is 0 Å². The van der Waals surface area contributed by atoms with E-state index in [9.17, 15) is 4.79 Å². The summed E-state index contributed by atoms with van der Waals surface area (Å²) in [4.78, 5) is 11.6. The van der Waals surface area contributed by atoms with E-state index in [4.69, 9.17) is 5.73 Å². The van der Waals surface area contributed by atoms with Crippen molar-refractivity contribution in [2.24, 2.45) is 5.41 Å². The summed E-state index contributed by atoms with van der Waals surface area (Å²) in [5.74, 6) is 0.0873. The maximum absolute atomic E-state index is 11.6. The summed E-state index contributed by atoms with van der Waals surface area (Å²) in [5.41, 5.74) is 7.42. The number of anilines is 1. The number of carbonyl (C=O) groups is 1. The van der Waals surface area contributed by atoms with Crippen molar-refractivity contribution < 1.29 is 4.79 Å². The third kappa shape index (κ3) is 4.82. The van der Waals surface area contributed by atoms with Crippen LogP contribution in [0.25, 0.3) is 0 Å². The zero-order valence-electron chi connectivity index (χ0n) is 10.2. The molecule has 0 aromatic heterocycles. The Morgan fingerprint density at radius 2 is 1.81 bits per heavy atom. The van der Waals surface area contributed by atoms with Crippen LogP contribution in [0.3, 0.4) is 0 Å². The van der Waals surface area contributed by atoms with Crippen LogP contribution in [0.1, 0.15) is 32.8 Å². The second kappa shape index (κ2) is 5.01. The van der Waals surface area contributed by atoms with Gasteiger partial charge in [0.05, 0.1) is 0 Å². The Hall–Kier alpha value is -1.51. The van der Waals surface area contributed by atoms with Gasteiger partial charge in [-0.25, -0.2) is 0 Å². The molecule has 0 unspecified atom stereocenters. The molecule has 0 saturated heterocycles. The van der Waals surface area contributed by atoms with E-state index in [1.807, 2.05) is 24.3 Å². The number of carbonyl (C=O) groups excluding carboxylic acids is 1. The van der Waals surface area contributed by atoms with E-state index < -0.39 is 0 Å². The maximum Gasteiger partial charge on any atom is 0.220 e. The lowest BCUT2D eigenvalue weighted by Gasteiger charge is -2.17. The molecule has 0 aliphatic carbocycles. The number of benzene rings is 1. The first-order valence-corrected chi connectivity index (χ1v) is 5.48. The highest BCUT2D eigenvalue weighted by Crippen LogP contribution is 2.17. The third-order valence-corrected chi connectivity index (χ3v) is 2.16. The van der Waals surface area contributed by atoms with Crippen molar-refractivity contribution in [2.45, 2.75) is 33.7 Å². The van der Waals surface area contributed by atoms with Gasteiger partial charge in [0.15, 0.2) is 0 Å². The summed E-state index contributed by atoms with van der Waals surface area (Å²) in [7, 11) is 0. The number of nitrogens with two attached hydrogens (primary N) is 1. The smallest absolute Gasteiger partial charge is 0.220 e. The van der Waals surface area contributed by atoms with Crippen molar-refractivity contribution in [3.05, 3.63) is 29.8 Å². The minimum atomic E-state index is 0.0329. The minimum Gasteiger partial charge on any atom is -0.399 e. The molecule has 0 saturated carbocycles. The van der Waals surface area contributed by atoms with Gasteiger partial charge in [0, 0.05) is 18.7 Å². The van der Waals surface area contributed by atoms with E-state index in [0.29, 0.717) is 13.0 Å². The van der Waals surface area contributed by atoms with Gasteiger partial charge in [0.2, 0.25) is 5.91 Å². The molecule has 1 aromatic rings. The number of hydrogen-bond acceptors (Lipinski definition) is 2. The first-order chi connectivity index (χ1) is 7.37. The first kappa shape index (κ1) is 12.6. The van der Waals surface area contributed by atoms with Crippen molar-refractivity contribution in [1.82, 2.24) is 5.32 Å². The Bertz CT molecular complexity index is 349. The van der Waals surface area contributed by atoms with Gasteiger partial charge < -0.3 is 11.1 Å². The van der Waals surface area contributed by atoms with Crippen molar-refractivity contribution in [1.29, 1.82) is 0 Å². The SMILES string of the molecule is CC(C)(C)CC(=O)NCc1ccc(N)cc1. The van der Waals surface area contributed by atoms with Crippen molar-refractivity contribution in [3.63, 3.8) is 0 Å². The molecule has 0 atom stereocenters. The molecule has 0 aliphatic heterocycles. The van der Waals surface area contributed by atoms with Crippen molar-refractivity contribution in [3.8, 4) is 0 Å². The van der Waals surface area contributed by atoms with E-state index in [1.54, 1.807) is 0 Å². The number of hydrogen-bond donors (Lipinski definition) is 2. The van der Waals surface area contributed by atoms with Crippen molar-refractivity contribution >= 4 is 11.6 Å². The minimum absolute atomic E-state index is 0.0329. The fourth-order valence-electron chi connectivity index (χ4n) is 1.38. The van der Waals surface area contributed by atoms with E-state index in [1.165, 1.54) is 0 Å². The molecule has 16 heavy (non-hydrogen) atoms. The lowest BCUT2D eigenvalue weighted by atomic mass is 9.92. The molecule has 0 radical (unpaired) electrons. The predicted molar refractivity (Wildman–Crippen MR) is 66.8 cm³/mol. The Morgan fingerprint density at radius 3 is 2.31 bits per heavy atom. The molecule has 3 N–H and O–H groups in total. The summed E-state index contributed by atoms with van der Waals surface area (Å²) in [6.07, 6.45) is 0.544. The Balaban J connectivity index is 2.40. The number of nitrogens with one attached hydrogen (secondary N) is 1. The molecule has 88 valence electrons. The molecule has 1 amide bonds. The van der Waals surface area contributed by atoms with E-state index in [-0.39, 0.29) is 11.3 Å². The summed E-state index contributed by atoms with van der Waals surface area (Å²) >= 11 is 0. The van der Waals surface area contributed by atoms with Crippen LogP contribution in [-0.4, -0.2) is 5.91 Å². The maximum atomic E-state index is 11.6. The van der Waals surface area contributed by atoms with Crippen LogP contribution in [-0.2, 0) is 11.3 Å². The molecular weight excluding hydrogens is 200 g/mol. The summed E-state index contributed by atoms with van der Waals surface area (Å²) < 4.78 is 0. The van der Waals surface area contributed by atoms with Crippen LogP contribution < -0.4 is 11.1 Å². The molecule has 0 heterocycles. The standard InChI is InChI=1S/C13H20N2O/c1-13(2,3)8-12(16)15-9-10-4-6-11(14)7-5-10/h4-7H,8-9,14H2,1-3H3,(H,15,16). The number of nitrogen functional groups attached to an aromatic ring is 1. The van der Waals surface area contributed by atoms with Gasteiger partial charge in [-0.15, -0.1) is 0 Å². The Morgan fingerprint density at radius 1 is 1.25 bits per heavy atom. The highest BCUT2D eigenvalue weighted by Gasteiger charge is 2.15. The highest BCUT2D eigenvalue weighted by molar-refractivity contribution is 5.76. The lowest BCUT2D eigenvalue weighted by Crippen LogP contribution is -2.27. The summed E-state index contributed by atoms with van der Waals surface area (Å²) in [6, 6.07) is 7.52.